The summed E-state index contributed by atoms with van der Waals surface area (Å²) < 4.78 is 58.5. The fraction of sp³-hybridized carbons (Fsp3) is 0.588. The van der Waals surface area contributed by atoms with E-state index in [1.54, 1.807) is 0 Å². The summed E-state index contributed by atoms with van der Waals surface area (Å²) in [6.45, 7) is 7.91. The Bertz CT molecular complexity index is 655. The first-order valence-corrected chi connectivity index (χ1v) is 7.65. The zero-order valence-electron chi connectivity index (χ0n) is 14.3. The predicted octanol–water partition coefficient (Wildman–Crippen LogP) is 4.05. The molecule has 134 valence electrons. The molecular weight excluding hydrogens is 326 g/mol. The van der Waals surface area contributed by atoms with Crippen LogP contribution in [0.4, 0.5) is 17.6 Å². The van der Waals surface area contributed by atoms with Crippen molar-refractivity contribution < 1.29 is 27.1 Å². The molecule has 7 heteroatoms. The van der Waals surface area contributed by atoms with E-state index in [1.165, 1.54) is 0 Å². The number of rotatable bonds is 2. The normalized spacial score (nSPS) is 20.9. The van der Waals surface area contributed by atoms with Crippen LogP contribution in [-0.4, -0.2) is 35.1 Å². The fourth-order valence-corrected chi connectivity index (χ4v) is 3.30. The number of carbonyl (C=O) groups excluding carboxylic acids is 1. The summed E-state index contributed by atoms with van der Waals surface area (Å²) >= 11 is 0. The third-order valence-electron chi connectivity index (χ3n) is 4.87. The Morgan fingerprint density at radius 1 is 1.04 bits per heavy atom. The van der Waals surface area contributed by atoms with Gasteiger partial charge in [0.1, 0.15) is 11.7 Å². The van der Waals surface area contributed by atoms with Crippen LogP contribution in [0.25, 0.3) is 0 Å². The molecule has 0 atom stereocenters. The van der Waals surface area contributed by atoms with E-state index < -0.39 is 40.9 Å². The minimum Gasteiger partial charge on any atom is -0.459 e. The Kier molecular flexibility index (Phi) is 4.69. The van der Waals surface area contributed by atoms with Gasteiger partial charge in [0.2, 0.25) is 0 Å². The Labute approximate surface area is 138 Å². The fourth-order valence-electron chi connectivity index (χ4n) is 3.30. The van der Waals surface area contributed by atoms with Gasteiger partial charge in [-0.2, -0.15) is 0 Å². The largest absolute Gasteiger partial charge is 0.459 e. The first-order chi connectivity index (χ1) is 10.9. The molecule has 3 nitrogen and oxygen atoms in total. The average molecular weight is 347 g/mol. The number of esters is 1. The number of likely N-dealkylation sites (tertiary alicyclic amines) is 1. The van der Waals surface area contributed by atoms with Gasteiger partial charge in [0.15, 0.2) is 23.3 Å². The molecule has 1 aromatic carbocycles. The number of hydrogen-bond donors (Lipinski definition) is 0. The van der Waals surface area contributed by atoms with Crippen LogP contribution in [0.2, 0.25) is 0 Å². The number of benzene rings is 1. The number of piperidine rings is 1. The molecule has 1 aliphatic heterocycles. The molecule has 0 amide bonds. The molecule has 0 aromatic heterocycles. The lowest BCUT2D eigenvalue weighted by atomic mass is 9.79. The van der Waals surface area contributed by atoms with Crippen molar-refractivity contribution in [3.63, 3.8) is 0 Å². The predicted molar refractivity (Wildman–Crippen MR) is 80.6 cm³/mol. The highest BCUT2D eigenvalue weighted by Gasteiger charge is 2.44. The third kappa shape index (κ3) is 3.27. The highest BCUT2D eigenvalue weighted by molar-refractivity contribution is 5.89. The quantitative estimate of drug-likeness (QED) is 0.350. The molecule has 0 N–H and O–H groups in total. The average Bonchev–Trinajstić information content (AvgIpc) is 2.45. The van der Waals surface area contributed by atoms with E-state index in [0.29, 0.717) is 18.9 Å². The number of halogens is 4. The Hall–Kier alpha value is -1.63. The Balaban J connectivity index is 2.25. The minimum atomic E-state index is -2.02. The molecule has 1 saturated heterocycles. The van der Waals surface area contributed by atoms with Gasteiger partial charge in [-0.15, -0.1) is 0 Å². The number of hydrogen-bond acceptors (Lipinski definition) is 3. The van der Waals surface area contributed by atoms with Gasteiger partial charge < -0.3 is 4.74 Å². The number of ether oxygens (including phenoxy) is 1. The van der Waals surface area contributed by atoms with E-state index in [1.807, 2.05) is 34.7 Å². The standard InChI is InChI=1S/C17H21F4NO2/c1-16(2)7-9(8-17(3,4)22(16)5)24-15(23)10-6-11(18)13(20)14(21)12(10)19/h6,9H,7-8H2,1-5H3. The second-order valence-corrected chi connectivity index (χ2v) is 7.47. The van der Waals surface area contributed by atoms with E-state index in [4.69, 9.17) is 4.74 Å². The second-order valence-electron chi connectivity index (χ2n) is 7.47. The highest BCUT2D eigenvalue weighted by Crippen LogP contribution is 2.38. The van der Waals surface area contributed by atoms with Gasteiger partial charge in [-0.25, -0.2) is 22.4 Å². The van der Waals surface area contributed by atoms with Gasteiger partial charge >= 0.3 is 5.97 Å². The Morgan fingerprint density at radius 3 is 2.04 bits per heavy atom. The van der Waals surface area contributed by atoms with Gasteiger partial charge in [-0.1, -0.05) is 0 Å². The van der Waals surface area contributed by atoms with E-state index >= 15 is 0 Å². The van der Waals surface area contributed by atoms with E-state index in [9.17, 15) is 22.4 Å². The van der Waals surface area contributed by atoms with Crippen LogP contribution in [0.15, 0.2) is 6.07 Å². The molecule has 0 aliphatic carbocycles. The van der Waals surface area contributed by atoms with E-state index in [0.717, 1.165) is 0 Å². The molecule has 24 heavy (non-hydrogen) atoms. The van der Waals surface area contributed by atoms with Crippen molar-refractivity contribution in [2.75, 3.05) is 7.05 Å². The summed E-state index contributed by atoms with van der Waals surface area (Å²) in [5.41, 5.74) is -1.52. The summed E-state index contributed by atoms with van der Waals surface area (Å²) in [4.78, 5) is 14.3. The van der Waals surface area contributed by atoms with Crippen molar-refractivity contribution in [1.29, 1.82) is 0 Å². The molecule has 0 radical (unpaired) electrons. The lowest BCUT2D eigenvalue weighted by Crippen LogP contribution is -2.60. The van der Waals surface area contributed by atoms with Gasteiger partial charge in [-0.05, 0) is 40.8 Å². The Morgan fingerprint density at radius 2 is 1.54 bits per heavy atom. The number of nitrogens with zero attached hydrogens (tertiary/aromatic N) is 1. The minimum absolute atomic E-state index is 0.287. The van der Waals surface area contributed by atoms with Crippen LogP contribution in [0.1, 0.15) is 50.9 Å². The first-order valence-electron chi connectivity index (χ1n) is 7.65. The third-order valence-corrected chi connectivity index (χ3v) is 4.87. The van der Waals surface area contributed by atoms with Crippen molar-refractivity contribution in [2.45, 2.75) is 57.7 Å². The van der Waals surface area contributed by atoms with Crippen molar-refractivity contribution in [1.82, 2.24) is 4.90 Å². The monoisotopic (exact) mass is 347 g/mol. The van der Waals surface area contributed by atoms with Crippen LogP contribution in [0, 0.1) is 23.3 Å². The zero-order chi connectivity index (χ0) is 18.4. The smallest absolute Gasteiger partial charge is 0.341 e. The van der Waals surface area contributed by atoms with Gasteiger partial charge in [0.25, 0.3) is 0 Å². The van der Waals surface area contributed by atoms with Crippen molar-refractivity contribution in [2.24, 2.45) is 0 Å². The van der Waals surface area contributed by atoms with Crippen molar-refractivity contribution in [3.8, 4) is 0 Å². The first kappa shape index (κ1) is 18.7. The summed E-state index contributed by atoms with van der Waals surface area (Å²) in [5.74, 6) is -8.56. The van der Waals surface area contributed by atoms with Gasteiger partial charge in [0.05, 0.1) is 0 Å². The SMILES string of the molecule is CN1C(C)(C)CC(OC(=O)c2cc(F)c(F)c(F)c2F)CC1(C)C. The van der Waals surface area contributed by atoms with Crippen LogP contribution in [0.3, 0.4) is 0 Å². The number of carbonyl (C=O) groups is 1. The van der Waals surface area contributed by atoms with Crippen LogP contribution >= 0.6 is 0 Å². The highest BCUT2D eigenvalue weighted by atomic mass is 19.2. The molecule has 1 aromatic rings. The molecule has 1 aliphatic rings. The van der Waals surface area contributed by atoms with Gasteiger partial charge in [-0.3, -0.25) is 4.90 Å². The van der Waals surface area contributed by atoms with E-state index in [2.05, 4.69) is 4.90 Å². The molecule has 0 bridgehead atoms. The maximum atomic E-state index is 13.7. The maximum absolute atomic E-state index is 13.7. The summed E-state index contributed by atoms with van der Waals surface area (Å²) in [6.07, 6.45) is 0.410. The molecule has 1 heterocycles. The van der Waals surface area contributed by atoms with Crippen LogP contribution in [-0.2, 0) is 4.74 Å². The lowest BCUT2D eigenvalue weighted by Gasteiger charge is -2.53. The summed E-state index contributed by atoms with van der Waals surface area (Å²) in [6, 6.07) is 0.321. The van der Waals surface area contributed by atoms with E-state index in [-0.39, 0.29) is 11.1 Å². The second kappa shape index (κ2) is 6.02. The van der Waals surface area contributed by atoms with Crippen LogP contribution in [0.5, 0.6) is 0 Å². The molecule has 1 fully saturated rings. The maximum Gasteiger partial charge on any atom is 0.341 e. The molecule has 2 rings (SSSR count). The van der Waals surface area contributed by atoms with Gasteiger partial charge in [0, 0.05) is 23.9 Å². The zero-order valence-corrected chi connectivity index (χ0v) is 14.3. The molecular formula is C17H21F4NO2. The molecule has 0 spiro atoms. The topological polar surface area (TPSA) is 29.5 Å². The van der Waals surface area contributed by atoms with Crippen molar-refractivity contribution >= 4 is 5.97 Å². The lowest BCUT2D eigenvalue weighted by molar-refractivity contribution is -0.0733. The molecule has 0 saturated carbocycles. The van der Waals surface area contributed by atoms with Crippen LogP contribution < -0.4 is 0 Å². The molecule has 0 unspecified atom stereocenters. The summed E-state index contributed by atoms with van der Waals surface area (Å²) in [7, 11) is 1.96. The summed E-state index contributed by atoms with van der Waals surface area (Å²) in [5, 5.41) is 0. The van der Waals surface area contributed by atoms with Crippen molar-refractivity contribution in [3.05, 3.63) is 34.9 Å².